The Labute approximate surface area is 143 Å². The number of aliphatic carboxylic acids is 2. The van der Waals surface area contributed by atoms with Crippen LogP contribution >= 0.6 is 0 Å². The maximum Gasteiger partial charge on any atom is 0.329 e. The summed E-state index contributed by atoms with van der Waals surface area (Å²) < 4.78 is 5.75. The number of nitrogens with zero attached hydrogens (tertiary/aromatic N) is 1. The molecule has 7 nitrogen and oxygen atoms in total. The second kappa shape index (κ2) is 5.16. The number of carboxylic acids is 2. The van der Waals surface area contributed by atoms with Crippen LogP contribution in [0.1, 0.15) is 11.1 Å². The van der Waals surface area contributed by atoms with E-state index in [2.05, 4.69) is 0 Å². The zero-order chi connectivity index (χ0) is 17.9. The van der Waals surface area contributed by atoms with Gasteiger partial charge in [0.05, 0.1) is 12.0 Å². The van der Waals surface area contributed by atoms with E-state index in [4.69, 9.17) is 4.74 Å². The van der Waals surface area contributed by atoms with Crippen LogP contribution in [0.25, 0.3) is 0 Å². The number of carboxylic acid groups (broad SMARTS) is 2. The first kappa shape index (κ1) is 15.8. The molecule has 25 heavy (non-hydrogen) atoms. The fourth-order valence-corrected chi connectivity index (χ4v) is 4.29. The van der Waals surface area contributed by atoms with Gasteiger partial charge in [0.2, 0.25) is 5.91 Å². The molecule has 4 rings (SSSR count). The van der Waals surface area contributed by atoms with Crippen molar-refractivity contribution in [2.75, 3.05) is 0 Å². The number of likely N-dealkylation sites (tertiary alicyclic amines) is 1. The lowest BCUT2D eigenvalue weighted by Crippen LogP contribution is -2.50. The number of amides is 1. The molecular weight excluding hydrogens is 326 g/mol. The van der Waals surface area contributed by atoms with Crippen molar-refractivity contribution in [2.24, 2.45) is 11.8 Å². The molecule has 2 fully saturated rings. The van der Waals surface area contributed by atoms with Crippen molar-refractivity contribution in [1.29, 1.82) is 0 Å². The van der Waals surface area contributed by atoms with Crippen LogP contribution in [0.2, 0.25) is 0 Å². The van der Waals surface area contributed by atoms with Gasteiger partial charge in [-0.3, -0.25) is 9.59 Å². The van der Waals surface area contributed by atoms with Gasteiger partial charge in [0, 0.05) is 6.54 Å². The van der Waals surface area contributed by atoms with Crippen LogP contribution in [0.15, 0.2) is 36.4 Å². The van der Waals surface area contributed by atoms with Crippen molar-refractivity contribution in [3.63, 3.8) is 0 Å². The molecule has 5 unspecified atom stereocenters. The molecule has 3 aliphatic rings. The van der Waals surface area contributed by atoms with Crippen LogP contribution < -0.4 is 0 Å². The second-order valence-electron chi connectivity index (χ2n) is 6.83. The Morgan fingerprint density at radius 1 is 1.20 bits per heavy atom. The molecule has 3 heterocycles. The zero-order valence-corrected chi connectivity index (χ0v) is 13.5. The summed E-state index contributed by atoms with van der Waals surface area (Å²) in [5.41, 5.74) is 0.436. The average molecular weight is 343 g/mol. The Balaban J connectivity index is 1.74. The summed E-state index contributed by atoms with van der Waals surface area (Å²) in [6.45, 7) is 2.03. The highest BCUT2D eigenvalue weighted by Gasteiger charge is 2.73. The maximum atomic E-state index is 13.0. The van der Waals surface area contributed by atoms with Gasteiger partial charge in [-0.2, -0.15) is 0 Å². The molecular formula is C18H17NO6. The lowest BCUT2D eigenvalue weighted by Gasteiger charge is -2.29. The van der Waals surface area contributed by atoms with E-state index >= 15 is 0 Å². The molecule has 7 heteroatoms. The Hall–Kier alpha value is -2.67. The van der Waals surface area contributed by atoms with E-state index in [1.807, 2.05) is 31.2 Å². The molecule has 0 saturated carbocycles. The van der Waals surface area contributed by atoms with Crippen LogP contribution in [0.4, 0.5) is 0 Å². The Morgan fingerprint density at radius 2 is 1.88 bits per heavy atom. The number of hydrogen-bond acceptors (Lipinski definition) is 4. The lowest BCUT2D eigenvalue weighted by molar-refractivity contribution is -0.153. The smallest absolute Gasteiger partial charge is 0.329 e. The first-order valence-electron chi connectivity index (χ1n) is 8.04. The predicted molar refractivity (Wildman–Crippen MR) is 84.5 cm³/mol. The van der Waals surface area contributed by atoms with Gasteiger partial charge >= 0.3 is 11.9 Å². The summed E-state index contributed by atoms with van der Waals surface area (Å²) in [5, 5.41) is 19.3. The quantitative estimate of drug-likeness (QED) is 0.784. The van der Waals surface area contributed by atoms with Gasteiger partial charge in [0.25, 0.3) is 0 Å². The van der Waals surface area contributed by atoms with Crippen molar-refractivity contribution in [3.8, 4) is 0 Å². The van der Waals surface area contributed by atoms with Gasteiger partial charge in [-0.25, -0.2) is 4.79 Å². The number of aryl methyl sites for hydroxylation is 1. The third-order valence-electron chi connectivity index (χ3n) is 5.37. The molecule has 2 saturated heterocycles. The molecule has 1 aromatic carbocycles. The fraction of sp³-hybridized carbons (Fsp3) is 0.389. The SMILES string of the molecule is Cc1ccc(CN2C(=O)C3C(C(=O)O)C4C=CC3(O4)C2C(=O)O)cc1. The van der Waals surface area contributed by atoms with E-state index in [9.17, 15) is 24.6 Å². The van der Waals surface area contributed by atoms with Gasteiger partial charge in [0.1, 0.15) is 11.5 Å². The van der Waals surface area contributed by atoms with Crippen molar-refractivity contribution in [1.82, 2.24) is 4.90 Å². The van der Waals surface area contributed by atoms with Gasteiger partial charge in [-0.15, -0.1) is 0 Å². The number of rotatable bonds is 4. The largest absolute Gasteiger partial charge is 0.481 e. The van der Waals surface area contributed by atoms with E-state index < -0.39 is 47.4 Å². The third kappa shape index (κ3) is 2.05. The number of hydrogen-bond donors (Lipinski definition) is 2. The number of benzene rings is 1. The molecule has 2 bridgehead atoms. The molecule has 1 spiro atoms. The maximum absolute atomic E-state index is 13.0. The second-order valence-corrected chi connectivity index (χ2v) is 6.83. The minimum Gasteiger partial charge on any atom is -0.481 e. The molecule has 5 atom stereocenters. The zero-order valence-electron chi connectivity index (χ0n) is 13.5. The summed E-state index contributed by atoms with van der Waals surface area (Å²) in [7, 11) is 0. The van der Waals surface area contributed by atoms with E-state index in [0.29, 0.717) is 0 Å². The minimum absolute atomic E-state index is 0.0997. The van der Waals surface area contributed by atoms with Crippen LogP contribution in [-0.2, 0) is 25.7 Å². The molecule has 0 aromatic heterocycles. The standard InChI is InChI=1S/C18H17NO6/c1-9-2-4-10(5-3-9)8-19-14(17(23)24)18-7-6-11(25-18)12(16(21)22)13(18)15(19)20/h2-7,11-14H,8H2,1H3,(H,21,22)(H,23,24). The molecule has 0 radical (unpaired) electrons. The van der Waals surface area contributed by atoms with Crippen molar-refractivity contribution in [3.05, 3.63) is 47.5 Å². The molecule has 1 amide bonds. The summed E-state index contributed by atoms with van der Waals surface area (Å²) >= 11 is 0. The highest BCUT2D eigenvalue weighted by molar-refractivity contribution is 5.97. The first-order chi connectivity index (χ1) is 11.8. The first-order valence-corrected chi connectivity index (χ1v) is 8.04. The number of fused-ring (bicyclic) bond motifs is 1. The molecule has 1 aromatic rings. The van der Waals surface area contributed by atoms with E-state index in [1.54, 1.807) is 12.2 Å². The van der Waals surface area contributed by atoms with Gasteiger partial charge in [-0.05, 0) is 12.5 Å². The number of carbonyl (C=O) groups excluding carboxylic acids is 1. The highest BCUT2D eigenvalue weighted by Crippen LogP contribution is 2.55. The summed E-state index contributed by atoms with van der Waals surface area (Å²) in [5.74, 6) is -4.88. The van der Waals surface area contributed by atoms with Crippen LogP contribution in [0.5, 0.6) is 0 Å². The average Bonchev–Trinajstić information content (AvgIpc) is 3.17. The number of carbonyl (C=O) groups is 3. The monoisotopic (exact) mass is 343 g/mol. The number of ether oxygens (including phenoxy) is 1. The van der Waals surface area contributed by atoms with E-state index in [0.717, 1.165) is 11.1 Å². The van der Waals surface area contributed by atoms with Gasteiger partial charge < -0.3 is 19.8 Å². The molecule has 2 N–H and O–H groups in total. The van der Waals surface area contributed by atoms with Crippen LogP contribution in [-0.4, -0.2) is 50.7 Å². The molecule has 0 aliphatic carbocycles. The molecule has 3 aliphatic heterocycles. The van der Waals surface area contributed by atoms with E-state index in [1.165, 1.54) is 4.90 Å². The summed E-state index contributed by atoms with van der Waals surface area (Å²) in [4.78, 5) is 37.8. The highest BCUT2D eigenvalue weighted by atomic mass is 16.5. The topological polar surface area (TPSA) is 104 Å². The fourth-order valence-electron chi connectivity index (χ4n) is 4.29. The lowest BCUT2D eigenvalue weighted by atomic mass is 9.75. The summed E-state index contributed by atoms with van der Waals surface area (Å²) in [6.07, 6.45) is 2.37. The predicted octanol–water partition coefficient (Wildman–Crippen LogP) is 0.815. The Bertz CT molecular complexity index is 800. The van der Waals surface area contributed by atoms with Crippen molar-refractivity contribution in [2.45, 2.75) is 31.2 Å². The third-order valence-corrected chi connectivity index (χ3v) is 5.37. The van der Waals surface area contributed by atoms with Crippen LogP contribution in [0.3, 0.4) is 0 Å². The normalized spacial score (nSPS) is 35.2. The van der Waals surface area contributed by atoms with Crippen LogP contribution in [0, 0.1) is 18.8 Å². The van der Waals surface area contributed by atoms with E-state index in [-0.39, 0.29) is 6.54 Å². The van der Waals surface area contributed by atoms with Crippen molar-refractivity contribution < 1.29 is 29.3 Å². The van der Waals surface area contributed by atoms with Gasteiger partial charge in [-0.1, -0.05) is 42.0 Å². The Kier molecular flexibility index (Phi) is 3.27. The summed E-state index contributed by atoms with van der Waals surface area (Å²) in [6, 6.07) is 6.18. The van der Waals surface area contributed by atoms with Crippen molar-refractivity contribution >= 4 is 17.8 Å². The Morgan fingerprint density at radius 3 is 2.48 bits per heavy atom. The van der Waals surface area contributed by atoms with Gasteiger partial charge in [0.15, 0.2) is 6.04 Å². The molecule has 130 valence electrons. The minimum atomic E-state index is -1.40.